The number of aromatic nitrogens is 3. The Balaban J connectivity index is 1.57. The predicted molar refractivity (Wildman–Crippen MR) is 130 cm³/mol. The number of benzene rings is 1. The van der Waals surface area contributed by atoms with Crippen LogP contribution in [-0.4, -0.2) is 57.2 Å². The van der Waals surface area contributed by atoms with Crippen molar-refractivity contribution in [3.8, 4) is 28.8 Å². The third-order valence-corrected chi connectivity index (χ3v) is 5.77. The summed E-state index contributed by atoms with van der Waals surface area (Å²) in [5.41, 5.74) is 9.92. The number of hydrogen-bond acceptors (Lipinski definition) is 8. The quantitative estimate of drug-likeness (QED) is 0.529. The molecule has 8 heteroatoms. The highest BCUT2D eigenvalue weighted by atomic mass is 16.3. The second-order valence-electron chi connectivity index (χ2n) is 8.18. The summed E-state index contributed by atoms with van der Waals surface area (Å²) < 4.78 is 0. The summed E-state index contributed by atoms with van der Waals surface area (Å²) in [5.74, 6) is 6.19. The number of pyridine rings is 1. The molecule has 4 rings (SSSR count). The molecule has 2 atom stereocenters. The van der Waals surface area contributed by atoms with Crippen molar-refractivity contribution >= 4 is 17.2 Å². The van der Waals surface area contributed by atoms with Crippen LogP contribution in [0.25, 0.3) is 11.3 Å². The first-order valence-electron chi connectivity index (χ1n) is 11.0. The van der Waals surface area contributed by atoms with Crippen molar-refractivity contribution < 1.29 is 10.2 Å². The van der Waals surface area contributed by atoms with E-state index in [9.17, 15) is 10.2 Å². The monoisotopic (exact) mass is 444 g/mol. The molecule has 0 aliphatic carbocycles. The summed E-state index contributed by atoms with van der Waals surface area (Å²) in [4.78, 5) is 8.86. The van der Waals surface area contributed by atoms with Gasteiger partial charge in [0.2, 0.25) is 0 Å². The van der Waals surface area contributed by atoms with Crippen molar-refractivity contribution in [3.63, 3.8) is 0 Å². The number of nitrogen functional groups attached to an aromatic ring is 1. The fourth-order valence-corrected chi connectivity index (χ4v) is 3.99. The Labute approximate surface area is 193 Å². The van der Waals surface area contributed by atoms with Crippen LogP contribution in [-0.2, 0) is 0 Å². The van der Waals surface area contributed by atoms with Crippen LogP contribution in [0.4, 0.5) is 17.2 Å². The maximum atomic E-state index is 10.2. The van der Waals surface area contributed by atoms with Crippen LogP contribution >= 0.6 is 0 Å². The van der Waals surface area contributed by atoms with E-state index in [0.29, 0.717) is 28.8 Å². The Kier molecular flexibility index (Phi) is 6.61. The summed E-state index contributed by atoms with van der Waals surface area (Å²) in [6.45, 7) is 6.17. The van der Waals surface area contributed by atoms with Crippen molar-refractivity contribution in [1.82, 2.24) is 15.2 Å². The number of rotatable bonds is 3. The van der Waals surface area contributed by atoms with E-state index in [0.717, 1.165) is 37.4 Å². The molecule has 1 saturated heterocycles. The lowest BCUT2D eigenvalue weighted by Gasteiger charge is -2.29. The van der Waals surface area contributed by atoms with E-state index in [-0.39, 0.29) is 5.75 Å². The third-order valence-electron chi connectivity index (χ3n) is 5.77. The van der Waals surface area contributed by atoms with Gasteiger partial charge in [-0.1, -0.05) is 18.1 Å². The minimum atomic E-state index is -0.691. The van der Waals surface area contributed by atoms with Crippen LogP contribution in [0.3, 0.4) is 0 Å². The number of phenols is 1. The Morgan fingerprint density at radius 1 is 1.12 bits per heavy atom. The molecule has 1 fully saturated rings. The second kappa shape index (κ2) is 9.76. The molecule has 3 heterocycles. The highest BCUT2D eigenvalue weighted by molar-refractivity contribution is 5.74. The third kappa shape index (κ3) is 5.16. The molecule has 3 aromatic rings. The topological polar surface area (TPSA) is 112 Å². The van der Waals surface area contributed by atoms with Crippen LogP contribution in [0.1, 0.15) is 26.0 Å². The average Bonchev–Trinajstić information content (AvgIpc) is 3.00. The molecule has 1 aromatic carbocycles. The number of nitrogens with zero attached hydrogens (tertiary/aromatic N) is 5. The molecule has 4 N–H and O–H groups in total. The first-order valence-corrected chi connectivity index (χ1v) is 11.0. The molecule has 0 spiro atoms. The fourth-order valence-electron chi connectivity index (χ4n) is 3.99. The van der Waals surface area contributed by atoms with Crippen LogP contribution in [0.2, 0.25) is 0 Å². The number of nitrogens with two attached hydrogens (primary N) is 1. The van der Waals surface area contributed by atoms with Gasteiger partial charge in [0.25, 0.3) is 0 Å². The van der Waals surface area contributed by atoms with Gasteiger partial charge in [-0.15, -0.1) is 10.2 Å². The Bertz CT molecular complexity index is 1190. The molecule has 2 aromatic heterocycles. The predicted octanol–water partition coefficient (Wildman–Crippen LogP) is 2.66. The summed E-state index contributed by atoms with van der Waals surface area (Å²) in [7, 11) is 0. The van der Waals surface area contributed by atoms with Gasteiger partial charge in [-0.25, -0.2) is 4.98 Å². The molecule has 1 aliphatic rings. The number of phenolic OH excluding ortho intramolecular Hbond substituents is 1. The number of hydrogen-bond donors (Lipinski definition) is 3. The number of aliphatic hydroxyl groups excluding tert-OH is 1. The molecule has 0 bridgehead atoms. The zero-order valence-electron chi connectivity index (χ0n) is 18.8. The van der Waals surface area contributed by atoms with E-state index in [2.05, 4.69) is 43.7 Å². The van der Waals surface area contributed by atoms with Crippen molar-refractivity contribution in [2.24, 2.45) is 0 Å². The first-order chi connectivity index (χ1) is 15.9. The molecule has 0 unspecified atom stereocenters. The van der Waals surface area contributed by atoms with Crippen molar-refractivity contribution in [3.05, 3.63) is 54.4 Å². The standard InChI is InChI=1S/C25H28N6O2/c1-17-10-12-30(13-14-31(17)20-9-11-27-19(15-20)8-7-18(2)32)23-16-22(28-29-25(23)26)21-5-3-4-6-24(21)33/h3-6,9,11,15-18,32-33H,10,12-14H2,1-2H3,(H2,26,29)/t17-,18-/m1/s1. The van der Waals surface area contributed by atoms with E-state index < -0.39 is 6.10 Å². The second-order valence-corrected chi connectivity index (χ2v) is 8.18. The van der Waals surface area contributed by atoms with Crippen LogP contribution in [0.15, 0.2) is 48.7 Å². The normalized spacial score (nSPS) is 17.1. The van der Waals surface area contributed by atoms with E-state index >= 15 is 0 Å². The maximum Gasteiger partial charge on any atom is 0.169 e. The van der Waals surface area contributed by atoms with Crippen molar-refractivity contribution in [2.75, 3.05) is 35.2 Å². The van der Waals surface area contributed by atoms with Gasteiger partial charge in [-0.3, -0.25) is 0 Å². The molecule has 33 heavy (non-hydrogen) atoms. The van der Waals surface area contributed by atoms with Crippen molar-refractivity contribution in [1.29, 1.82) is 0 Å². The van der Waals surface area contributed by atoms with Crippen LogP contribution in [0, 0.1) is 11.8 Å². The zero-order chi connectivity index (χ0) is 23.4. The van der Waals surface area contributed by atoms with Gasteiger partial charge in [0.05, 0.1) is 11.4 Å². The fraction of sp³-hybridized carbons (Fsp3) is 0.320. The molecule has 8 nitrogen and oxygen atoms in total. The highest BCUT2D eigenvalue weighted by Gasteiger charge is 2.24. The van der Waals surface area contributed by atoms with E-state index in [1.807, 2.05) is 30.3 Å². The van der Waals surface area contributed by atoms with E-state index in [1.54, 1.807) is 25.3 Å². The summed E-state index contributed by atoms with van der Waals surface area (Å²) in [6.07, 6.45) is 1.98. The molecule has 170 valence electrons. The summed E-state index contributed by atoms with van der Waals surface area (Å²) >= 11 is 0. The van der Waals surface area contributed by atoms with Gasteiger partial charge in [0, 0.05) is 43.1 Å². The molecule has 1 aliphatic heterocycles. The summed E-state index contributed by atoms with van der Waals surface area (Å²) in [6, 6.07) is 13.2. The van der Waals surface area contributed by atoms with Gasteiger partial charge in [0.1, 0.15) is 17.5 Å². The first kappa shape index (κ1) is 22.4. The van der Waals surface area contributed by atoms with Gasteiger partial charge in [-0.2, -0.15) is 0 Å². The molecule has 0 radical (unpaired) electrons. The highest BCUT2D eigenvalue weighted by Crippen LogP contribution is 2.32. The van der Waals surface area contributed by atoms with Crippen LogP contribution in [0.5, 0.6) is 5.75 Å². The molecule has 0 saturated carbocycles. The lowest BCUT2D eigenvalue weighted by atomic mass is 10.1. The maximum absolute atomic E-state index is 10.2. The molecular formula is C25H28N6O2. The minimum Gasteiger partial charge on any atom is -0.507 e. The molecule has 0 amide bonds. The number of aromatic hydroxyl groups is 1. The van der Waals surface area contributed by atoms with E-state index in [4.69, 9.17) is 5.73 Å². The minimum absolute atomic E-state index is 0.158. The SMILES string of the molecule is C[C@@H]1CCN(c2cc(-c3ccccc3O)nnc2N)CCN1c1ccnc(C#C[C@@H](C)O)c1. The lowest BCUT2D eigenvalue weighted by molar-refractivity contribution is 0.253. The Morgan fingerprint density at radius 3 is 2.73 bits per heavy atom. The Morgan fingerprint density at radius 2 is 1.94 bits per heavy atom. The smallest absolute Gasteiger partial charge is 0.169 e. The lowest BCUT2D eigenvalue weighted by Crippen LogP contribution is -2.35. The van der Waals surface area contributed by atoms with Gasteiger partial charge < -0.3 is 25.7 Å². The van der Waals surface area contributed by atoms with Crippen molar-refractivity contribution in [2.45, 2.75) is 32.4 Å². The average molecular weight is 445 g/mol. The van der Waals surface area contributed by atoms with Crippen LogP contribution < -0.4 is 15.5 Å². The number of anilines is 3. The summed E-state index contributed by atoms with van der Waals surface area (Å²) in [5, 5.41) is 28.0. The number of para-hydroxylation sites is 1. The Hall–Kier alpha value is -3.83. The van der Waals surface area contributed by atoms with Gasteiger partial charge in [0.15, 0.2) is 5.82 Å². The number of aliphatic hydroxyl groups is 1. The zero-order valence-corrected chi connectivity index (χ0v) is 18.8. The van der Waals surface area contributed by atoms with Gasteiger partial charge >= 0.3 is 0 Å². The largest absolute Gasteiger partial charge is 0.507 e. The van der Waals surface area contributed by atoms with E-state index in [1.165, 1.54) is 0 Å². The van der Waals surface area contributed by atoms with Gasteiger partial charge in [-0.05, 0) is 56.5 Å². The molecular weight excluding hydrogens is 416 g/mol.